The van der Waals surface area contributed by atoms with Crippen molar-refractivity contribution in [3.05, 3.63) is 49.2 Å². The Morgan fingerprint density at radius 3 is 2.53 bits per heavy atom. The van der Waals surface area contributed by atoms with Gasteiger partial charge in [-0.3, -0.25) is 0 Å². The molecule has 0 amide bonds. The summed E-state index contributed by atoms with van der Waals surface area (Å²) in [5.41, 5.74) is 0. The van der Waals surface area contributed by atoms with Crippen molar-refractivity contribution < 1.29 is 4.74 Å². The Morgan fingerprint density at radius 1 is 1.06 bits per heavy atom. The SMILES string of the molecule is Clc1cc(I)ccc1Oc1ccnc(Cl)c1Cl. The predicted molar refractivity (Wildman–Crippen MR) is 78.5 cm³/mol. The molecule has 0 fully saturated rings. The Balaban J connectivity index is 2.35. The third-order valence-electron chi connectivity index (χ3n) is 1.93. The quantitative estimate of drug-likeness (QED) is 0.495. The average molecular weight is 400 g/mol. The van der Waals surface area contributed by atoms with E-state index in [1.54, 1.807) is 18.2 Å². The summed E-state index contributed by atoms with van der Waals surface area (Å²) in [5.74, 6) is 0.950. The van der Waals surface area contributed by atoms with Gasteiger partial charge in [0.15, 0.2) is 10.9 Å². The van der Waals surface area contributed by atoms with Gasteiger partial charge in [-0.1, -0.05) is 34.8 Å². The number of hydrogen-bond acceptors (Lipinski definition) is 2. The third-order valence-corrected chi connectivity index (χ3v) is 3.64. The van der Waals surface area contributed by atoms with Crippen LogP contribution in [0, 0.1) is 3.57 Å². The van der Waals surface area contributed by atoms with E-state index in [2.05, 4.69) is 27.6 Å². The summed E-state index contributed by atoms with van der Waals surface area (Å²) < 4.78 is 6.61. The van der Waals surface area contributed by atoms with Crippen molar-refractivity contribution in [2.45, 2.75) is 0 Å². The summed E-state index contributed by atoms with van der Waals surface area (Å²) in [4.78, 5) is 3.84. The van der Waals surface area contributed by atoms with Gasteiger partial charge in [0.05, 0.1) is 5.02 Å². The van der Waals surface area contributed by atoms with E-state index in [1.165, 1.54) is 6.20 Å². The van der Waals surface area contributed by atoms with E-state index in [9.17, 15) is 0 Å². The number of halogens is 4. The number of pyridine rings is 1. The molecule has 0 saturated heterocycles. The second-order valence-corrected chi connectivity index (χ2v) is 5.48. The largest absolute Gasteiger partial charge is 0.454 e. The molecule has 17 heavy (non-hydrogen) atoms. The third kappa shape index (κ3) is 3.16. The lowest BCUT2D eigenvalue weighted by Gasteiger charge is -2.09. The first-order valence-electron chi connectivity index (χ1n) is 4.51. The van der Waals surface area contributed by atoms with E-state index in [-0.39, 0.29) is 10.2 Å². The highest BCUT2D eigenvalue weighted by atomic mass is 127. The topological polar surface area (TPSA) is 22.1 Å². The maximum atomic E-state index is 6.05. The Kier molecular flexibility index (Phi) is 4.36. The van der Waals surface area contributed by atoms with Gasteiger partial charge in [-0.25, -0.2) is 4.98 Å². The fraction of sp³-hybridized carbons (Fsp3) is 0. The normalized spacial score (nSPS) is 10.4. The highest BCUT2D eigenvalue weighted by molar-refractivity contribution is 14.1. The van der Waals surface area contributed by atoms with Crippen LogP contribution in [0.1, 0.15) is 0 Å². The van der Waals surface area contributed by atoms with Crippen molar-refractivity contribution in [2.75, 3.05) is 0 Å². The Labute approximate surface area is 127 Å². The first kappa shape index (κ1) is 13.2. The average Bonchev–Trinajstić information content (AvgIpc) is 2.28. The standard InChI is InChI=1S/C11H5Cl3INO/c12-7-5-6(15)1-2-8(7)17-9-3-4-16-11(14)10(9)13/h1-5H. The van der Waals surface area contributed by atoms with E-state index in [0.29, 0.717) is 16.5 Å². The van der Waals surface area contributed by atoms with Crippen molar-refractivity contribution in [3.63, 3.8) is 0 Å². The molecule has 0 aliphatic heterocycles. The Hall–Kier alpha value is -0.230. The molecule has 0 radical (unpaired) electrons. The summed E-state index contributed by atoms with van der Waals surface area (Å²) in [5, 5.41) is 0.982. The first-order valence-corrected chi connectivity index (χ1v) is 6.72. The molecule has 1 aromatic carbocycles. The fourth-order valence-corrected chi connectivity index (χ4v) is 2.35. The van der Waals surface area contributed by atoms with Gasteiger partial charge in [0.2, 0.25) is 0 Å². The van der Waals surface area contributed by atoms with E-state index in [4.69, 9.17) is 39.5 Å². The number of ether oxygens (including phenoxy) is 1. The van der Waals surface area contributed by atoms with Crippen LogP contribution in [0.3, 0.4) is 0 Å². The van der Waals surface area contributed by atoms with E-state index in [1.807, 2.05) is 6.07 Å². The van der Waals surface area contributed by atoms with Gasteiger partial charge in [-0.15, -0.1) is 0 Å². The highest BCUT2D eigenvalue weighted by Gasteiger charge is 2.10. The van der Waals surface area contributed by atoms with Gasteiger partial charge >= 0.3 is 0 Å². The number of hydrogen-bond donors (Lipinski definition) is 0. The second-order valence-electron chi connectivity index (χ2n) is 3.09. The molecule has 0 N–H and O–H groups in total. The minimum absolute atomic E-state index is 0.200. The molecule has 0 saturated carbocycles. The van der Waals surface area contributed by atoms with E-state index in [0.717, 1.165) is 3.57 Å². The zero-order valence-electron chi connectivity index (χ0n) is 8.25. The van der Waals surface area contributed by atoms with Gasteiger partial charge in [0.1, 0.15) is 10.8 Å². The smallest absolute Gasteiger partial charge is 0.151 e. The zero-order valence-corrected chi connectivity index (χ0v) is 12.7. The van der Waals surface area contributed by atoms with Crippen LogP contribution in [0.25, 0.3) is 0 Å². The molecule has 2 nitrogen and oxygen atoms in total. The summed E-state index contributed by atoms with van der Waals surface area (Å²) in [7, 11) is 0. The summed E-state index contributed by atoms with van der Waals surface area (Å²) in [6.07, 6.45) is 1.52. The van der Waals surface area contributed by atoms with Crippen LogP contribution < -0.4 is 4.74 Å². The molecule has 6 heteroatoms. The number of rotatable bonds is 2. The zero-order chi connectivity index (χ0) is 12.4. The molecule has 0 aliphatic carbocycles. The number of benzene rings is 1. The lowest BCUT2D eigenvalue weighted by atomic mass is 10.3. The van der Waals surface area contributed by atoms with Crippen molar-refractivity contribution in [3.8, 4) is 11.5 Å². The summed E-state index contributed by atoms with van der Waals surface area (Å²) in [6, 6.07) is 7.09. The van der Waals surface area contributed by atoms with Crippen LogP contribution >= 0.6 is 57.4 Å². The Morgan fingerprint density at radius 2 is 1.82 bits per heavy atom. The van der Waals surface area contributed by atoms with Crippen molar-refractivity contribution in [1.82, 2.24) is 4.98 Å². The second kappa shape index (κ2) is 5.61. The fourth-order valence-electron chi connectivity index (χ4n) is 1.16. The minimum atomic E-state index is 0.200. The lowest BCUT2D eigenvalue weighted by Crippen LogP contribution is -1.88. The Bertz CT molecular complexity index is 562. The van der Waals surface area contributed by atoms with Crippen LogP contribution in [-0.2, 0) is 0 Å². The highest BCUT2D eigenvalue weighted by Crippen LogP contribution is 2.36. The van der Waals surface area contributed by atoms with Crippen molar-refractivity contribution in [2.24, 2.45) is 0 Å². The predicted octanol–water partition coefficient (Wildman–Crippen LogP) is 5.44. The molecule has 2 rings (SSSR count). The molecule has 0 aliphatic rings. The van der Waals surface area contributed by atoms with Crippen molar-refractivity contribution >= 4 is 57.4 Å². The maximum absolute atomic E-state index is 6.05. The molecule has 0 bridgehead atoms. The van der Waals surface area contributed by atoms with Crippen LogP contribution in [0.15, 0.2) is 30.5 Å². The van der Waals surface area contributed by atoms with Gasteiger partial charge < -0.3 is 4.74 Å². The number of aromatic nitrogens is 1. The lowest BCUT2D eigenvalue weighted by molar-refractivity contribution is 0.482. The van der Waals surface area contributed by atoms with Gasteiger partial charge in [-0.05, 0) is 40.8 Å². The van der Waals surface area contributed by atoms with Crippen molar-refractivity contribution in [1.29, 1.82) is 0 Å². The van der Waals surface area contributed by atoms with Gasteiger partial charge in [0.25, 0.3) is 0 Å². The molecule has 2 aromatic rings. The minimum Gasteiger partial charge on any atom is -0.454 e. The van der Waals surface area contributed by atoms with Crippen LogP contribution in [0.2, 0.25) is 15.2 Å². The summed E-state index contributed by atoms with van der Waals surface area (Å²) >= 11 is 20.0. The van der Waals surface area contributed by atoms with E-state index >= 15 is 0 Å². The van der Waals surface area contributed by atoms with Gasteiger partial charge in [0, 0.05) is 15.8 Å². The number of nitrogens with zero attached hydrogens (tertiary/aromatic N) is 1. The molecular formula is C11H5Cl3INO. The molecule has 1 aromatic heterocycles. The molecular weight excluding hydrogens is 395 g/mol. The first-order chi connectivity index (χ1) is 8.08. The van der Waals surface area contributed by atoms with Crippen LogP contribution in [0.5, 0.6) is 11.5 Å². The molecule has 1 heterocycles. The maximum Gasteiger partial charge on any atom is 0.151 e. The van der Waals surface area contributed by atoms with Crippen LogP contribution in [0.4, 0.5) is 0 Å². The molecule has 0 atom stereocenters. The molecule has 0 unspecified atom stereocenters. The molecule has 0 spiro atoms. The van der Waals surface area contributed by atoms with E-state index < -0.39 is 0 Å². The molecule has 88 valence electrons. The van der Waals surface area contributed by atoms with Gasteiger partial charge in [-0.2, -0.15) is 0 Å². The van der Waals surface area contributed by atoms with Crippen LogP contribution in [-0.4, -0.2) is 4.98 Å². The summed E-state index contributed by atoms with van der Waals surface area (Å²) in [6.45, 7) is 0. The monoisotopic (exact) mass is 399 g/mol.